The van der Waals surface area contributed by atoms with Gasteiger partial charge in [0.15, 0.2) is 0 Å². The minimum atomic E-state index is 0.275. The van der Waals surface area contributed by atoms with Crippen LogP contribution >= 0.6 is 0 Å². The Bertz CT molecular complexity index is 492. The van der Waals surface area contributed by atoms with Crippen LogP contribution in [0.2, 0.25) is 0 Å². The van der Waals surface area contributed by atoms with Crippen molar-refractivity contribution in [3.63, 3.8) is 0 Å². The zero-order valence-electron chi connectivity index (χ0n) is 8.94. The minimum absolute atomic E-state index is 0.275. The molecule has 1 saturated heterocycles. The van der Waals surface area contributed by atoms with Crippen LogP contribution < -0.4 is 10.1 Å². The monoisotopic (exact) mass is 213 g/mol. The van der Waals surface area contributed by atoms with Gasteiger partial charge in [0.2, 0.25) is 0 Å². The summed E-state index contributed by atoms with van der Waals surface area (Å²) in [6, 6.07) is 11.0. The van der Waals surface area contributed by atoms with Crippen molar-refractivity contribution in [2.24, 2.45) is 0 Å². The smallest absolute Gasteiger partial charge is 0.129 e. The predicted molar refractivity (Wildman–Crippen MR) is 62.5 cm³/mol. The van der Waals surface area contributed by atoms with E-state index in [-0.39, 0.29) is 6.10 Å². The number of benzene rings is 1. The highest BCUT2D eigenvalue weighted by Gasteiger charge is 2.15. The molecule has 3 heteroatoms. The van der Waals surface area contributed by atoms with Gasteiger partial charge in [-0.15, -0.1) is 0 Å². The van der Waals surface area contributed by atoms with Gasteiger partial charge >= 0.3 is 0 Å². The normalized spacial score (nSPS) is 20.1. The third-order valence-electron chi connectivity index (χ3n) is 2.82. The molecule has 1 radical (unpaired) electrons. The van der Waals surface area contributed by atoms with Crippen LogP contribution in [0.25, 0.3) is 10.9 Å². The quantitative estimate of drug-likeness (QED) is 0.825. The van der Waals surface area contributed by atoms with Gasteiger partial charge in [-0.2, -0.15) is 0 Å². The number of fused-ring (bicyclic) bond motifs is 1. The summed E-state index contributed by atoms with van der Waals surface area (Å²) in [4.78, 5) is 4.30. The fourth-order valence-electron chi connectivity index (χ4n) is 1.96. The van der Waals surface area contributed by atoms with Gasteiger partial charge in [0, 0.05) is 30.3 Å². The Balaban J connectivity index is 1.86. The van der Waals surface area contributed by atoms with Crippen LogP contribution in [0.15, 0.2) is 30.5 Å². The van der Waals surface area contributed by atoms with E-state index in [0.717, 1.165) is 36.2 Å². The van der Waals surface area contributed by atoms with Crippen molar-refractivity contribution in [3.8, 4) is 5.75 Å². The lowest BCUT2D eigenvalue weighted by Gasteiger charge is -2.12. The Kier molecular flexibility index (Phi) is 2.46. The standard InChI is InChI=1S/C13H13N2O/c1-2-10-3-4-11(8-13(10)15-6-1)16-12-5-7-14-9-12/h1-3,6,8,12,14H,5,7,9H2. The van der Waals surface area contributed by atoms with Gasteiger partial charge in [-0.3, -0.25) is 4.98 Å². The highest BCUT2D eigenvalue weighted by molar-refractivity contribution is 5.79. The highest BCUT2D eigenvalue weighted by atomic mass is 16.5. The van der Waals surface area contributed by atoms with Crippen molar-refractivity contribution in [2.75, 3.05) is 13.1 Å². The van der Waals surface area contributed by atoms with Crippen molar-refractivity contribution in [1.29, 1.82) is 0 Å². The molecule has 0 spiro atoms. The van der Waals surface area contributed by atoms with Crippen molar-refractivity contribution in [1.82, 2.24) is 10.3 Å². The van der Waals surface area contributed by atoms with Gasteiger partial charge in [0.05, 0.1) is 5.52 Å². The molecule has 1 fully saturated rings. The van der Waals surface area contributed by atoms with Crippen LogP contribution in [-0.4, -0.2) is 24.2 Å². The molecular formula is C13H13N2O. The molecule has 3 nitrogen and oxygen atoms in total. The van der Waals surface area contributed by atoms with Crippen molar-refractivity contribution >= 4 is 10.9 Å². The number of nitrogens with one attached hydrogen (secondary N) is 1. The molecule has 1 aromatic carbocycles. The maximum Gasteiger partial charge on any atom is 0.129 e. The molecule has 2 heterocycles. The van der Waals surface area contributed by atoms with E-state index < -0.39 is 0 Å². The van der Waals surface area contributed by atoms with E-state index >= 15 is 0 Å². The van der Waals surface area contributed by atoms with Crippen LogP contribution in [0, 0.1) is 6.07 Å². The van der Waals surface area contributed by atoms with E-state index in [9.17, 15) is 0 Å². The average Bonchev–Trinajstić information content (AvgIpc) is 2.82. The SMILES string of the molecule is [c]1cc2cccnc2cc1OC1CCNC1. The number of aromatic nitrogens is 1. The maximum absolute atomic E-state index is 5.83. The van der Waals surface area contributed by atoms with Crippen LogP contribution in [0.5, 0.6) is 5.75 Å². The Hall–Kier alpha value is -1.61. The molecule has 2 aromatic rings. The molecule has 1 N–H and O–H groups in total. The molecule has 1 aliphatic rings. The van der Waals surface area contributed by atoms with E-state index in [1.165, 1.54) is 0 Å². The first-order valence-corrected chi connectivity index (χ1v) is 5.56. The third-order valence-corrected chi connectivity index (χ3v) is 2.82. The third kappa shape index (κ3) is 1.86. The highest BCUT2D eigenvalue weighted by Crippen LogP contribution is 2.20. The summed E-state index contributed by atoms with van der Waals surface area (Å²) < 4.78 is 5.83. The fourth-order valence-corrected chi connectivity index (χ4v) is 1.96. The van der Waals surface area contributed by atoms with Crippen LogP contribution in [0.4, 0.5) is 0 Å². The largest absolute Gasteiger partial charge is 0.488 e. The summed E-state index contributed by atoms with van der Waals surface area (Å²) in [5, 5.41) is 4.37. The Morgan fingerprint density at radius 1 is 1.50 bits per heavy atom. The Morgan fingerprint density at radius 2 is 2.50 bits per heavy atom. The van der Waals surface area contributed by atoms with Crippen LogP contribution in [0.1, 0.15) is 6.42 Å². The minimum Gasteiger partial charge on any atom is -0.488 e. The molecular weight excluding hydrogens is 200 g/mol. The molecule has 1 aromatic heterocycles. The lowest BCUT2D eigenvalue weighted by atomic mass is 10.2. The second-order valence-electron chi connectivity index (χ2n) is 4.01. The van der Waals surface area contributed by atoms with Crippen molar-refractivity contribution in [2.45, 2.75) is 12.5 Å². The lowest BCUT2D eigenvalue weighted by molar-refractivity contribution is 0.223. The second kappa shape index (κ2) is 4.10. The average molecular weight is 213 g/mol. The summed E-state index contributed by atoms with van der Waals surface area (Å²) in [6.07, 6.45) is 3.13. The van der Waals surface area contributed by atoms with Crippen LogP contribution in [0.3, 0.4) is 0 Å². The van der Waals surface area contributed by atoms with Crippen molar-refractivity contribution < 1.29 is 4.74 Å². The molecule has 0 saturated carbocycles. The number of nitrogens with zero attached hydrogens (tertiary/aromatic N) is 1. The molecule has 0 bridgehead atoms. The predicted octanol–water partition coefficient (Wildman–Crippen LogP) is 1.78. The zero-order chi connectivity index (χ0) is 10.8. The number of hydrogen-bond acceptors (Lipinski definition) is 3. The summed E-state index contributed by atoms with van der Waals surface area (Å²) in [7, 11) is 0. The van der Waals surface area contributed by atoms with Crippen LogP contribution in [-0.2, 0) is 0 Å². The Morgan fingerprint density at radius 3 is 3.38 bits per heavy atom. The van der Waals surface area contributed by atoms with Gasteiger partial charge < -0.3 is 10.1 Å². The number of hydrogen-bond donors (Lipinski definition) is 1. The topological polar surface area (TPSA) is 34.1 Å². The summed E-state index contributed by atoms with van der Waals surface area (Å²) >= 11 is 0. The lowest BCUT2D eigenvalue weighted by Crippen LogP contribution is -2.19. The number of pyridine rings is 1. The van der Waals surface area contributed by atoms with E-state index in [0.29, 0.717) is 0 Å². The first kappa shape index (κ1) is 9.60. The van der Waals surface area contributed by atoms with E-state index in [1.807, 2.05) is 24.3 Å². The van der Waals surface area contributed by atoms with Gasteiger partial charge in [-0.05, 0) is 25.1 Å². The maximum atomic E-state index is 5.83. The fraction of sp³-hybridized carbons (Fsp3) is 0.308. The molecule has 0 amide bonds. The second-order valence-corrected chi connectivity index (χ2v) is 4.01. The number of rotatable bonds is 2. The Labute approximate surface area is 94.5 Å². The first-order valence-electron chi connectivity index (χ1n) is 5.56. The molecule has 3 rings (SSSR count). The van der Waals surface area contributed by atoms with Gasteiger partial charge in [-0.1, -0.05) is 6.07 Å². The molecule has 1 unspecified atom stereocenters. The molecule has 0 aliphatic carbocycles. The van der Waals surface area contributed by atoms with Gasteiger partial charge in [0.1, 0.15) is 11.9 Å². The molecule has 1 atom stereocenters. The molecule has 16 heavy (non-hydrogen) atoms. The zero-order valence-corrected chi connectivity index (χ0v) is 8.94. The summed E-state index contributed by atoms with van der Waals surface area (Å²) in [5.74, 6) is 0.792. The van der Waals surface area contributed by atoms with Gasteiger partial charge in [-0.25, -0.2) is 0 Å². The van der Waals surface area contributed by atoms with E-state index in [4.69, 9.17) is 4.74 Å². The summed E-state index contributed by atoms with van der Waals surface area (Å²) in [5.41, 5.74) is 0.960. The summed E-state index contributed by atoms with van der Waals surface area (Å²) in [6.45, 7) is 1.96. The molecule has 1 aliphatic heterocycles. The molecule has 81 valence electrons. The van der Waals surface area contributed by atoms with E-state index in [1.54, 1.807) is 6.20 Å². The van der Waals surface area contributed by atoms with Gasteiger partial charge in [0.25, 0.3) is 0 Å². The van der Waals surface area contributed by atoms with E-state index in [2.05, 4.69) is 16.4 Å². The van der Waals surface area contributed by atoms with Crippen molar-refractivity contribution in [3.05, 3.63) is 36.5 Å². The number of ether oxygens (including phenoxy) is 1. The first-order chi connectivity index (χ1) is 7.92.